The number of carboxylic acid groups (broad SMARTS) is 2. The van der Waals surface area contributed by atoms with Crippen LogP contribution in [0.25, 0.3) is 0 Å². The van der Waals surface area contributed by atoms with Crippen molar-refractivity contribution < 1.29 is 91.4 Å². The minimum atomic E-state index is -5.08. The number of aromatic hydroxyl groups is 1. The lowest BCUT2D eigenvalue weighted by molar-refractivity contribution is -0.192. The first-order chi connectivity index (χ1) is 39.3. The highest BCUT2D eigenvalue weighted by Gasteiger charge is 2.39. The highest BCUT2D eigenvalue weighted by Crippen LogP contribution is 2.15. The fourth-order valence-corrected chi connectivity index (χ4v) is 7.28. The number of nitrogens with one attached hydrogen (secondary N) is 8. The maximum atomic E-state index is 14.2. The average Bonchev–Trinajstić information content (AvgIpc) is 3.42. The Balaban J connectivity index is 0.00000942. The van der Waals surface area contributed by atoms with E-state index in [0.717, 1.165) is 6.92 Å². The monoisotopic (exact) mass is 1220 g/mol. The molecule has 480 valence electrons. The van der Waals surface area contributed by atoms with Gasteiger partial charge in [0.25, 0.3) is 0 Å². The number of rotatable bonds is 35. The Labute approximate surface area is 487 Å². The standard InChI is InChI=1S/C48H82N16O14.C2HF3O2/c1-22(2)20-32(43(74)63-36(23(3)4)46(77)78)61-38(69)24(5)57-39(70)29(10-8-18-55-47(51)52)60-45(76)37(26(7)66)64-41(72)30(11-9-19-56-48(53)54)58-40(71)31(16-17-34(49)68)59-42(73)33(62-44(75)35(50)25(6)65)21-27-12-14-28(67)15-13-27;3-2(4,5)1(6)7/h12-15,22-26,29-33,35-37,65-67H,8-11,16-21,50H2,1-7H3,(H2,49,68)(H,57,70)(H,58,71)(H,59,73)(H,60,76)(H,61,69)(H,62,75)(H,63,74)(H,64,72)(H,77,78)(H4,51,52,55)(H4,53,54,56);(H,6,7)/t24-,25+,26+,29-,30-,31-,32-,33-,35-,36-,37-;/m0./s1. The van der Waals surface area contributed by atoms with Gasteiger partial charge < -0.3 is 102 Å². The summed E-state index contributed by atoms with van der Waals surface area (Å²) in [7, 11) is 0. The summed E-state index contributed by atoms with van der Waals surface area (Å²) in [5.74, 6) is -14.0. The number of aliphatic hydroxyl groups excluding tert-OH is 2. The number of carbonyl (C=O) groups is 11. The summed E-state index contributed by atoms with van der Waals surface area (Å²) in [6, 6.07) is -7.79. The van der Waals surface area contributed by atoms with Crippen LogP contribution in [0.15, 0.2) is 34.3 Å². The van der Waals surface area contributed by atoms with E-state index < -0.39 is 157 Å². The third-order valence-corrected chi connectivity index (χ3v) is 11.9. The van der Waals surface area contributed by atoms with Crippen molar-refractivity contribution in [2.24, 2.45) is 56.2 Å². The summed E-state index contributed by atoms with van der Waals surface area (Å²) in [5.41, 5.74) is 33.5. The van der Waals surface area contributed by atoms with Crippen LogP contribution in [0.4, 0.5) is 13.2 Å². The molecule has 0 aliphatic heterocycles. The second-order valence-corrected chi connectivity index (χ2v) is 20.3. The molecule has 0 spiro atoms. The summed E-state index contributed by atoms with van der Waals surface area (Å²) in [5, 5.41) is 67.0. The van der Waals surface area contributed by atoms with Gasteiger partial charge in [-0.25, -0.2) is 9.59 Å². The molecule has 0 fully saturated rings. The van der Waals surface area contributed by atoms with E-state index in [1.807, 2.05) is 0 Å². The molecule has 9 amide bonds. The fraction of sp³-hybridized carbons (Fsp3) is 0.620. The minimum absolute atomic E-state index is 0.0118. The van der Waals surface area contributed by atoms with Crippen LogP contribution in [-0.2, 0) is 59.2 Å². The molecule has 1 rings (SSSR count). The SMILES string of the molecule is CC(C)C[C@H](NC(=O)[C@H](C)NC(=O)[C@H](CCCN=C(N)N)NC(=O)[C@@H](NC(=O)[C@H](CCCN=C(N)N)NC(=O)[C@H](CCC(N)=O)NC(=O)[C@H](Cc1ccc(O)cc1)NC(=O)[C@@H](N)[C@@H](C)O)[C@@H](C)O)C(=O)N[C@H](C(=O)O)C(C)C.O=C(O)C(F)(F)F. The molecule has 32 nitrogen and oxygen atoms in total. The quantitative estimate of drug-likeness (QED) is 0.0171. The van der Waals surface area contributed by atoms with Gasteiger partial charge in [-0.2, -0.15) is 13.2 Å². The first-order valence-electron chi connectivity index (χ1n) is 26.5. The molecule has 0 radical (unpaired) electrons. The number of nitrogens with two attached hydrogens (primary N) is 6. The number of aliphatic carboxylic acids is 2. The number of aliphatic imine (C=N–C) groups is 2. The summed E-state index contributed by atoms with van der Waals surface area (Å²) < 4.78 is 31.7. The zero-order chi connectivity index (χ0) is 65.6. The van der Waals surface area contributed by atoms with Gasteiger partial charge in [0.15, 0.2) is 11.9 Å². The van der Waals surface area contributed by atoms with Crippen molar-refractivity contribution in [3.63, 3.8) is 0 Å². The zero-order valence-corrected chi connectivity index (χ0v) is 48.1. The third-order valence-electron chi connectivity index (χ3n) is 11.9. The van der Waals surface area contributed by atoms with Gasteiger partial charge in [-0.1, -0.05) is 39.8 Å². The summed E-state index contributed by atoms with van der Waals surface area (Å²) in [6.45, 7) is 10.3. The lowest BCUT2D eigenvalue weighted by Crippen LogP contribution is -2.62. The predicted molar refractivity (Wildman–Crippen MR) is 298 cm³/mol. The average molecular weight is 1220 g/mol. The maximum Gasteiger partial charge on any atom is 0.490 e. The Hall–Kier alpha value is -8.60. The lowest BCUT2D eigenvalue weighted by atomic mass is 10.00. The van der Waals surface area contributed by atoms with Crippen molar-refractivity contribution in [1.82, 2.24) is 42.5 Å². The van der Waals surface area contributed by atoms with Gasteiger partial charge in [-0.15, -0.1) is 0 Å². The molecule has 0 heterocycles. The first kappa shape index (κ1) is 76.4. The number of benzene rings is 1. The predicted octanol–water partition coefficient (Wildman–Crippen LogP) is -5.29. The summed E-state index contributed by atoms with van der Waals surface area (Å²) >= 11 is 0. The summed E-state index contributed by atoms with van der Waals surface area (Å²) in [6.07, 6.45) is -9.50. The second-order valence-electron chi connectivity index (χ2n) is 20.3. The Morgan fingerprint density at radius 1 is 0.529 bits per heavy atom. The van der Waals surface area contributed by atoms with Crippen LogP contribution in [0.3, 0.4) is 0 Å². The Kier molecular flexibility index (Phi) is 33.8. The number of phenolic OH excluding ortho intramolecular Hbond substituents is 1. The molecular formula is C50H83F3N16O16. The number of phenols is 1. The zero-order valence-electron chi connectivity index (χ0n) is 48.1. The summed E-state index contributed by atoms with van der Waals surface area (Å²) in [4.78, 5) is 150. The van der Waals surface area contributed by atoms with Crippen LogP contribution in [-0.4, -0.2) is 188 Å². The van der Waals surface area contributed by atoms with Crippen molar-refractivity contribution in [2.75, 3.05) is 13.1 Å². The molecule has 35 heteroatoms. The van der Waals surface area contributed by atoms with Crippen LogP contribution >= 0.6 is 0 Å². The van der Waals surface area contributed by atoms with Crippen molar-refractivity contribution in [2.45, 2.75) is 173 Å². The highest BCUT2D eigenvalue weighted by molar-refractivity contribution is 5.98. The number of carboxylic acids is 2. The molecule has 0 aliphatic rings. The topological polar surface area (TPSA) is 566 Å². The maximum absolute atomic E-state index is 14.2. The lowest BCUT2D eigenvalue weighted by Gasteiger charge is -2.29. The molecule has 11 atom stereocenters. The van der Waals surface area contributed by atoms with Gasteiger partial charge in [0, 0.05) is 25.9 Å². The van der Waals surface area contributed by atoms with E-state index in [2.05, 4.69) is 52.5 Å². The van der Waals surface area contributed by atoms with Gasteiger partial charge in [0.1, 0.15) is 60.1 Å². The molecule has 0 aromatic heterocycles. The fourth-order valence-electron chi connectivity index (χ4n) is 7.28. The Morgan fingerprint density at radius 3 is 1.34 bits per heavy atom. The second kappa shape index (κ2) is 37.6. The molecule has 1 aromatic carbocycles. The molecular weight excluding hydrogens is 1140 g/mol. The minimum Gasteiger partial charge on any atom is -0.508 e. The number of nitrogens with zero attached hydrogens (tertiary/aromatic N) is 2. The van der Waals surface area contributed by atoms with Gasteiger partial charge >= 0.3 is 18.1 Å². The molecule has 1 aromatic rings. The number of guanidine groups is 2. The number of carbonyl (C=O) groups excluding carboxylic acids is 9. The van der Waals surface area contributed by atoms with Gasteiger partial charge in [0.2, 0.25) is 53.2 Å². The van der Waals surface area contributed by atoms with E-state index >= 15 is 0 Å². The Bertz CT molecular complexity index is 2480. The number of hydrogen-bond acceptors (Lipinski definition) is 17. The third kappa shape index (κ3) is 31.0. The molecule has 0 unspecified atom stereocenters. The van der Waals surface area contributed by atoms with E-state index in [0.29, 0.717) is 5.56 Å². The van der Waals surface area contributed by atoms with Crippen LogP contribution in [0.2, 0.25) is 0 Å². The normalized spacial score (nSPS) is 15.0. The van der Waals surface area contributed by atoms with Gasteiger partial charge in [-0.05, 0) is 88.8 Å². The van der Waals surface area contributed by atoms with Gasteiger partial charge in [-0.3, -0.25) is 53.1 Å². The van der Waals surface area contributed by atoms with Crippen molar-refractivity contribution in [3.05, 3.63) is 29.8 Å². The molecule has 0 saturated carbocycles. The number of amides is 9. The number of aliphatic hydroxyl groups is 2. The molecule has 0 aliphatic carbocycles. The molecule has 85 heavy (non-hydrogen) atoms. The smallest absolute Gasteiger partial charge is 0.490 e. The first-order valence-corrected chi connectivity index (χ1v) is 26.5. The van der Waals surface area contributed by atoms with Crippen LogP contribution < -0.4 is 76.9 Å². The van der Waals surface area contributed by atoms with E-state index in [4.69, 9.17) is 44.3 Å². The molecule has 0 saturated heterocycles. The largest absolute Gasteiger partial charge is 0.508 e. The number of hydrogen-bond donors (Lipinski definition) is 19. The molecule has 0 bridgehead atoms. The van der Waals surface area contributed by atoms with Crippen LogP contribution in [0, 0.1) is 11.8 Å². The van der Waals surface area contributed by atoms with E-state index in [9.17, 15) is 81.5 Å². The molecule has 25 N–H and O–H groups in total. The van der Waals surface area contributed by atoms with Gasteiger partial charge in [0.05, 0.1) is 12.2 Å². The van der Waals surface area contributed by atoms with E-state index in [-0.39, 0.29) is 75.2 Å². The number of alkyl halides is 3. The Morgan fingerprint density at radius 2 is 0.929 bits per heavy atom. The number of primary amides is 1. The highest BCUT2D eigenvalue weighted by atomic mass is 19.4. The van der Waals surface area contributed by atoms with E-state index in [1.54, 1.807) is 27.7 Å². The van der Waals surface area contributed by atoms with Crippen molar-refractivity contribution in [3.8, 4) is 5.75 Å². The van der Waals surface area contributed by atoms with Crippen molar-refractivity contribution >= 4 is 77.0 Å². The van der Waals surface area contributed by atoms with Crippen LogP contribution in [0.1, 0.15) is 99.0 Å². The number of halogens is 3. The van der Waals surface area contributed by atoms with Crippen molar-refractivity contribution in [1.29, 1.82) is 0 Å². The van der Waals surface area contributed by atoms with E-state index in [1.165, 1.54) is 38.1 Å². The van der Waals surface area contributed by atoms with Crippen LogP contribution in [0.5, 0.6) is 5.75 Å².